The third kappa shape index (κ3) is 7.84. The van der Waals surface area contributed by atoms with E-state index in [2.05, 4.69) is 16.7 Å². The Labute approximate surface area is 162 Å². The van der Waals surface area contributed by atoms with E-state index in [1.165, 1.54) is 71.1 Å². The minimum Gasteiger partial charge on any atom is -0.383 e. The van der Waals surface area contributed by atoms with Crippen LogP contribution in [-0.2, 0) is 9.47 Å². The Balaban J connectivity index is 1.62. The van der Waals surface area contributed by atoms with Gasteiger partial charge < -0.3 is 19.3 Å². The summed E-state index contributed by atoms with van der Waals surface area (Å²) in [5.74, 6) is 2.64. The Hall–Kier alpha value is -0.160. The number of methoxy groups -OCH3 is 2. The minimum absolute atomic E-state index is 0.841. The molecule has 0 aliphatic carbocycles. The first-order valence-electron chi connectivity index (χ1n) is 11.0. The molecule has 26 heavy (non-hydrogen) atoms. The van der Waals surface area contributed by atoms with Crippen LogP contribution in [0.2, 0.25) is 0 Å². The number of nitrogens with zero attached hydrogens (tertiary/aromatic N) is 2. The van der Waals surface area contributed by atoms with Crippen LogP contribution in [0.4, 0.5) is 0 Å². The molecule has 0 N–H and O–H groups in total. The Morgan fingerprint density at radius 2 is 1.65 bits per heavy atom. The molecule has 2 fully saturated rings. The van der Waals surface area contributed by atoms with E-state index in [0.29, 0.717) is 0 Å². The molecule has 4 heteroatoms. The lowest BCUT2D eigenvalue weighted by atomic mass is 9.79. The summed E-state index contributed by atoms with van der Waals surface area (Å²) in [5, 5.41) is 0. The van der Waals surface area contributed by atoms with Gasteiger partial charge in [-0.3, -0.25) is 0 Å². The second kappa shape index (κ2) is 13.1. The van der Waals surface area contributed by atoms with Gasteiger partial charge in [-0.1, -0.05) is 26.2 Å². The lowest BCUT2D eigenvalue weighted by molar-refractivity contribution is 0.0991. The lowest BCUT2D eigenvalue weighted by Crippen LogP contribution is -2.38. The van der Waals surface area contributed by atoms with Gasteiger partial charge in [0.2, 0.25) is 0 Å². The fourth-order valence-corrected chi connectivity index (χ4v) is 4.96. The maximum atomic E-state index is 5.24. The maximum Gasteiger partial charge on any atom is 0.0589 e. The normalized spacial score (nSPS) is 24.8. The van der Waals surface area contributed by atoms with Crippen molar-refractivity contribution < 1.29 is 9.47 Å². The van der Waals surface area contributed by atoms with Gasteiger partial charge in [0.1, 0.15) is 0 Å². The van der Waals surface area contributed by atoms with Crippen molar-refractivity contribution in [2.24, 2.45) is 17.8 Å². The average Bonchev–Trinajstić information content (AvgIpc) is 2.69. The highest BCUT2D eigenvalue weighted by Gasteiger charge is 2.26. The van der Waals surface area contributed by atoms with Gasteiger partial charge in [0.25, 0.3) is 0 Å². The van der Waals surface area contributed by atoms with E-state index in [9.17, 15) is 0 Å². The monoisotopic (exact) mass is 367 g/mol. The quantitative estimate of drug-likeness (QED) is 0.525. The summed E-state index contributed by atoms with van der Waals surface area (Å²) in [6, 6.07) is 0. The summed E-state index contributed by atoms with van der Waals surface area (Å²) in [4.78, 5) is 5.17. The maximum absolute atomic E-state index is 5.24. The zero-order chi connectivity index (χ0) is 18.6. The molecule has 0 amide bonds. The third-order valence-electron chi connectivity index (χ3n) is 6.68. The van der Waals surface area contributed by atoms with Crippen molar-refractivity contribution in [2.45, 2.75) is 51.4 Å². The van der Waals surface area contributed by atoms with E-state index in [4.69, 9.17) is 9.47 Å². The number of piperidine rings is 2. The number of likely N-dealkylation sites (tertiary alicyclic amines) is 2. The molecule has 2 unspecified atom stereocenters. The van der Waals surface area contributed by atoms with Crippen LogP contribution in [-0.4, -0.2) is 76.5 Å². The van der Waals surface area contributed by atoms with Crippen molar-refractivity contribution in [1.29, 1.82) is 0 Å². The van der Waals surface area contributed by atoms with Gasteiger partial charge in [0, 0.05) is 33.9 Å². The second-order valence-corrected chi connectivity index (χ2v) is 8.45. The fourth-order valence-electron chi connectivity index (χ4n) is 4.96. The number of rotatable bonds is 12. The number of hydrogen-bond acceptors (Lipinski definition) is 4. The summed E-state index contributed by atoms with van der Waals surface area (Å²) in [6.07, 6.45) is 10.8. The molecule has 0 aromatic heterocycles. The Morgan fingerprint density at radius 1 is 0.962 bits per heavy atom. The Kier molecular flexibility index (Phi) is 11.1. The van der Waals surface area contributed by atoms with Crippen molar-refractivity contribution in [1.82, 2.24) is 9.80 Å². The van der Waals surface area contributed by atoms with Gasteiger partial charge in [0.15, 0.2) is 0 Å². The highest BCUT2D eigenvalue weighted by Crippen LogP contribution is 2.32. The molecule has 0 saturated carbocycles. The number of ether oxygens (including phenoxy) is 2. The predicted octanol–water partition coefficient (Wildman–Crippen LogP) is 3.71. The molecule has 2 atom stereocenters. The largest absolute Gasteiger partial charge is 0.383 e. The fraction of sp³-hybridized carbons (Fsp3) is 0.955. The minimum atomic E-state index is 0.841. The Morgan fingerprint density at radius 3 is 2.31 bits per heavy atom. The third-order valence-corrected chi connectivity index (χ3v) is 6.68. The van der Waals surface area contributed by atoms with E-state index >= 15 is 0 Å². The standard InChI is InChI=1S/C22H43N2O2/c1-4-21(22-10-13-23(14-11-22)15-17-25-2)9-5-7-20-8-6-12-24(19-20)16-18-26-3/h20-22H,1,4-19H2,2-3H3. The van der Waals surface area contributed by atoms with E-state index < -0.39 is 0 Å². The van der Waals surface area contributed by atoms with Crippen LogP contribution >= 0.6 is 0 Å². The summed E-state index contributed by atoms with van der Waals surface area (Å²) in [5.41, 5.74) is 0. The van der Waals surface area contributed by atoms with Crippen molar-refractivity contribution in [3.05, 3.63) is 6.92 Å². The molecule has 153 valence electrons. The Bertz CT molecular complexity index is 345. The summed E-state index contributed by atoms with van der Waals surface area (Å²) in [6.45, 7) is 13.3. The molecule has 2 heterocycles. The van der Waals surface area contributed by atoms with Crippen LogP contribution in [0.15, 0.2) is 0 Å². The molecule has 2 saturated heterocycles. The lowest BCUT2D eigenvalue weighted by Gasteiger charge is -2.36. The predicted molar refractivity (Wildman–Crippen MR) is 109 cm³/mol. The van der Waals surface area contributed by atoms with Crippen LogP contribution in [0.1, 0.15) is 51.4 Å². The van der Waals surface area contributed by atoms with Gasteiger partial charge in [-0.05, 0) is 69.5 Å². The van der Waals surface area contributed by atoms with Gasteiger partial charge >= 0.3 is 0 Å². The van der Waals surface area contributed by atoms with E-state index in [0.717, 1.165) is 50.5 Å². The van der Waals surface area contributed by atoms with Crippen LogP contribution in [0, 0.1) is 24.7 Å². The average molecular weight is 368 g/mol. The van der Waals surface area contributed by atoms with E-state index in [-0.39, 0.29) is 0 Å². The summed E-state index contributed by atoms with van der Waals surface area (Å²) >= 11 is 0. The first-order chi connectivity index (χ1) is 12.8. The topological polar surface area (TPSA) is 24.9 Å². The SMILES string of the molecule is [CH2]CC(CCCC1CCCN(CCOC)C1)C1CCN(CCOC)CC1. The molecule has 0 aromatic carbocycles. The second-order valence-electron chi connectivity index (χ2n) is 8.45. The van der Waals surface area contributed by atoms with Crippen molar-refractivity contribution in [3.63, 3.8) is 0 Å². The molecular weight excluding hydrogens is 324 g/mol. The summed E-state index contributed by atoms with van der Waals surface area (Å²) in [7, 11) is 3.61. The molecule has 0 bridgehead atoms. The summed E-state index contributed by atoms with van der Waals surface area (Å²) < 4.78 is 10.5. The molecular formula is C22H43N2O2. The first kappa shape index (κ1) is 22.1. The molecule has 4 nitrogen and oxygen atoms in total. The van der Waals surface area contributed by atoms with Gasteiger partial charge in [0.05, 0.1) is 13.2 Å². The van der Waals surface area contributed by atoms with Crippen molar-refractivity contribution in [2.75, 3.05) is 66.7 Å². The molecule has 2 aliphatic rings. The van der Waals surface area contributed by atoms with Crippen LogP contribution in [0.5, 0.6) is 0 Å². The van der Waals surface area contributed by atoms with E-state index in [1.54, 1.807) is 7.11 Å². The van der Waals surface area contributed by atoms with Gasteiger partial charge in [-0.2, -0.15) is 0 Å². The van der Waals surface area contributed by atoms with E-state index in [1.807, 2.05) is 7.11 Å². The zero-order valence-electron chi connectivity index (χ0n) is 17.5. The van der Waals surface area contributed by atoms with Gasteiger partial charge in [-0.15, -0.1) is 0 Å². The van der Waals surface area contributed by atoms with Crippen LogP contribution in [0.25, 0.3) is 0 Å². The molecule has 2 rings (SSSR count). The van der Waals surface area contributed by atoms with Crippen molar-refractivity contribution >= 4 is 0 Å². The number of hydrogen-bond donors (Lipinski definition) is 0. The highest BCUT2D eigenvalue weighted by atomic mass is 16.5. The molecule has 1 radical (unpaired) electrons. The smallest absolute Gasteiger partial charge is 0.0589 e. The highest BCUT2D eigenvalue weighted by molar-refractivity contribution is 4.80. The van der Waals surface area contributed by atoms with Gasteiger partial charge in [-0.25, -0.2) is 0 Å². The molecule has 0 aromatic rings. The van der Waals surface area contributed by atoms with Crippen LogP contribution < -0.4 is 0 Å². The zero-order valence-corrected chi connectivity index (χ0v) is 17.5. The molecule has 2 aliphatic heterocycles. The molecule has 0 spiro atoms. The first-order valence-corrected chi connectivity index (χ1v) is 11.0. The van der Waals surface area contributed by atoms with Crippen LogP contribution in [0.3, 0.4) is 0 Å². The van der Waals surface area contributed by atoms with Crippen molar-refractivity contribution in [3.8, 4) is 0 Å².